The minimum atomic E-state index is -0.187. The van der Waals surface area contributed by atoms with Crippen LogP contribution in [0, 0.1) is 0 Å². The Morgan fingerprint density at radius 2 is 2.20 bits per heavy atom. The van der Waals surface area contributed by atoms with Crippen molar-refractivity contribution in [3.63, 3.8) is 0 Å². The minimum absolute atomic E-state index is 0. The predicted octanol–water partition coefficient (Wildman–Crippen LogP) is 1.01. The quantitative estimate of drug-likeness (QED) is 0.869. The number of amides is 2. The molecule has 20 heavy (non-hydrogen) atoms. The van der Waals surface area contributed by atoms with Gasteiger partial charge in [0.15, 0.2) is 0 Å². The van der Waals surface area contributed by atoms with Crippen LogP contribution in [0.25, 0.3) is 0 Å². The van der Waals surface area contributed by atoms with Gasteiger partial charge in [-0.3, -0.25) is 9.59 Å². The van der Waals surface area contributed by atoms with E-state index in [0.29, 0.717) is 12.3 Å². The van der Waals surface area contributed by atoms with Gasteiger partial charge in [0.05, 0.1) is 11.4 Å². The molecule has 1 aromatic carbocycles. The van der Waals surface area contributed by atoms with E-state index in [2.05, 4.69) is 5.32 Å². The lowest BCUT2D eigenvalue weighted by molar-refractivity contribution is -0.123. The van der Waals surface area contributed by atoms with Crippen LogP contribution < -0.4 is 16.0 Å². The van der Waals surface area contributed by atoms with E-state index in [4.69, 9.17) is 5.73 Å². The standard InChI is InChI=1S/C13H17N3O2S.ClH/c1-9(6-14)15-12(17)7-16-10-4-2-3-5-11(10)19-8-13(16)18;/h2-5,9H,6-8,14H2,1H3,(H,15,17);1H/t9-;/m0./s1. The van der Waals surface area contributed by atoms with E-state index in [9.17, 15) is 9.59 Å². The lowest BCUT2D eigenvalue weighted by atomic mass is 10.2. The molecule has 3 N–H and O–H groups in total. The maximum absolute atomic E-state index is 11.9. The topological polar surface area (TPSA) is 75.4 Å². The summed E-state index contributed by atoms with van der Waals surface area (Å²) in [5.41, 5.74) is 6.26. The zero-order valence-corrected chi connectivity index (χ0v) is 12.8. The normalized spacial score (nSPS) is 15.1. The van der Waals surface area contributed by atoms with Gasteiger partial charge in [-0.05, 0) is 19.1 Å². The number of hydrogen-bond donors (Lipinski definition) is 2. The average molecular weight is 316 g/mol. The second-order valence-electron chi connectivity index (χ2n) is 4.44. The summed E-state index contributed by atoms with van der Waals surface area (Å²) in [4.78, 5) is 26.4. The number of hydrogen-bond acceptors (Lipinski definition) is 4. The van der Waals surface area contributed by atoms with E-state index in [-0.39, 0.29) is 36.8 Å². The molecule has 2 rings (SSSR count). The summed E-state index contributed by atoms with van der Waals surface area (Å²) >= 11 is 1.50. The SMILES string of the molecule is C[C@@H](CN)NC(=O)CN1C(=O)CSc2ccccc21.Cl. The van der Waals surface area contributed by atoms with E-state index in [0.717, 1.165) is 10.6 Å². The van der Waals surface area contributed by atoms with Crippen molar-refractivity contribution in [3.8, 4) is 0 Å². The summed E-state index contributed by atoms with van der Waals surface area (Å²) in [6, 6.07) is 7.53. The highest BCUT2D eigenvalue weighted by atomic mass is 35.5. The maximum Gasteiger partial charge on any atom is 0.240 e. The fraction of sp³-hybridized carbons (Fsp3) is 0.385. The number of carbonyl (C=O) groups excluding carboxylic acids is 2. The van der Waals surface area contributed by atoms with Gasteiger partial charge in [0.1, 0.15) is 6.54 Å². The second kappa shape index (κ2) is 7.52. The Kier molecular flexibility index (Phi) is 6.32. The summed E-state index contributed by atoms with van der Waals surface area (Å²) in [6.45, 7) is 2.26. The Morgan fingerprint density at radius 3 is 2.90 bits per heavy atom. The van der Waals surface area contributed by atoms with Crippen LogP contribution in [0.1, 0.15) is 6.92 Å². The number of halogens is 1. The lowest BCUT2D eigenvalue weighted by Crippen LogP contribution is -2.47. The Hall–Kier alpha value is -1.24. The lowest BCUT2D eigenvalue weighted by Gasteiger charge is -2.28. The van der Waals surface area contributed by atoms with Gasteiger partial charge in [-0.25, -0.2) is 0 Å². The number of para-hydroxylation sites is 1. The molecule has 110 valence electrons. The molecule has 1 atom stereocenters. The van der Waals surface area contributed by atoms with Crippen molar-refractivity contribution in [2.75, 3.05) is 23.7 Å². The fourth-order valence-electron chi connectivity index (χ4n) is 1.85. The monoisotopic (exact) mass is 315 g/mol. The zero-order chi connectivity index (χ0) is 13.8. The Balaban J connectivity index is 0.00000200. The van der Waals surface area contributed by atoms with Crippen LogP contribution in [-0.4, -0.2) is 36.7 Å². The van der Waals surface area contributed by atoms with Crippen molar-refractivity contribution in [1.29, 1.82) is 0 Å². The van der Waals surface area contributed by atoms with Crippen LogP contribution in [-0.2, 0) is 9.59 Å². The maximum atomic E-state index is 11.9. The van der Waals surface area contributed by atoms with E-state index in [1.54, 1.807) is 0 Å². The molecular formula is C13H18ClN3O2S. The van der Waals surface area contributed by atoms with E-state index in [1.807, 2.05) is 31.2 Å². The molecule has 0 radical (unpaired) electrons. The van der Waals surface area contributed by atoms with Crippen LogP contribution in [0.4, 0.5) is 5.69 Å². The third-order valence-corrected chi connectivity index (χ3v) is 3.92. The number of rotatable bonds is 4. The van der Waals surface area contributed by atoms with Crippen molar-refractivity contribution >= 4 is 41.7 Å². The number of nitrogens with two attached hydrogens (primary N) is 1. The largest absolute Gasteiger partial charge is 0.351 e. The van der Waals surface area contributed by atoms with E-state index >= 15 is 0 Å². The number of nitrogens with one attached hydrogen (secondary N) is 1. The molecule has 0 aromatic heterocycles. The number of thioether (sulfide) groups is 1. The average Bonchev–Trinajstić information content (AvgIpc) is 2.42. The molecule has 1 aliphatic rings. The molecule has 1 aliphatic heterocycles. The molecule has 0 spiro atoms. The molecule has 0 saturated carbocycles. The van der Waals surface area contributed by atoms with Gasteiger partial charge in [-0.1, -0.05) is 12.1 Å². The molecule has 0 aliphatic carbocycles. The molecular weight excluding hydrogens is 298 g/mol. The fourth-order valence-corrected chi connectivity index (χ4v) is 2.79. The van der Waals surface area contributed by atoms with Crippen molar-refractivity contribution in [1.82, 2.24) is 5.32 Å². The van der Waals surface area contributed by atoms with Gasteiger partial charge in [0.25, 0.3) is 0 Å². The molecule has 2 amide bonds. The summed E-state index contributed by atoms with van der Waals surface area (Å²) in [5, 5.41) is 2.76. The van der Waals surface area contributed by atoms with Gasteiger partial charge >= 0.3 is 0 Å². The van der Waals surface area contributed by atoms with Crippen LogP contribution in [0.2, 0.25) is 0 Å². The highest BCUT2D eigenvalue weighted by molar-refractivity contribution is 8.00. The molecule has 0 unspecified atom stereocenters. The summed E-state index contributed by atoms with van der Waals surface area (Å²) < 4.78 is 0. The van der Waals surface area contributed by atoms with Gasteiger partial charge < -0.3 is 16.0 Å². The summed E-state index contributed by atoms with van der Waals surface area (Å²) in [6.07, 6.45) is 0. The van der Waals surface area contributed by atoms with Crippen LogP contribution in [0.3, 0.4) is 0 Å². The zero-order valence-electron chi connectivity index (χ0n) is 11.2. The third-order valence-electron chi connectivity index (χ3n) is 2.87. The highest BCUT2D eigenvalue weighted by Crippen LogP contribution is 2.34. The van der Waals surface area contributed by atoms with Gasteiger partial charge in [-0.2, -0.15) is 0 Å². The molecule has 0 saturated heterocycles. The molecule has 1 aromatic rings. The first-order valence-electron chi connectivity index (χ1n) is 6.13. The molecule has 0 bridgehead atoms. The molecule has 0 fully saturated rings. The van der Waals surface area contributed by atoms with Crippen LogP contribution in [0.15, 0.2) is 29.2 Å². The molecule has 1 heterocycles. The molecule has 5 nitrogen and oxygen atoms in total. The first-order valence-corrected chi connectivity index (χ1v) is 7.12. The van der Waals surface area contributed by atoms with E-state index < -0.39 is 0 Å². The van der Waals surface area contributed by atoms with Crippen molar-refractivity contribution in [2.24, 2.45) is 5.73 Å². The van der Waals surface area contributed by atoms with Crippen LogP contribution in [0.5, 0.6) is 0 Å². The number of anilines is 1. The first kappa shape index (κ1) is 16.8. The van der Waals surface area contributed by atoms with Crippen LogP contribution >= 0.6 is 24.2 Å². The third kappa shape index (κ3) is 3.88. The first-order chi connectivity index (χ1) is 9.11. The number of benzene rings is 1. The number of carbonyl (C=O) groups is 2. The predicted molar refractivity (Wildman–Crippen MR) is 83.4 cm³/mol. The summed E-state index contributed by atoms with van der Waals surface area (Å²) in [5.74, 6) is 0.142. The van der Waals surface area contributed by atoms with Gasteiger partial charge in [0, 0.05) is 17.5 Å². The van der Waals surface area contributed by atoms with Gasteiger partial charge in [0.2, 0.25) is 11.8 Å². The van der Waals surface area contributed by atoms with Gasteiger partial charge in [-0.15, -0.1) is 24.2 Å². The Morgan fingerprint density at radius 1 is 1.50 bits per heavy atom. The summed E-state index contributed by atoms with van der Waals surface area (Å²) in [7, 11) is 0. The number of nitrogens with zero attached hydrogens (tertiary/aromatic N) is 1. The number of fused-ring (bicyclic) bond motifs is 1. The van der Waals surface area contributed by atoms with E-state index in [1.165, 1.54) is 16.7 Å². The molecule has 7 heteroatoms. The highest BCUT2D eigenvalue weighted by Gasteiger charge is 2.26. The minimum Gasteiger partial charge on any atom is -0.351 e. The van der Waals surface area contributed by atoms with Crippen molar-refractivity contribution < 1.29 is 9.59 Å². The Bertz CT molecular complexity index is 498. The van der Waals surface area contributed by atoms with Crippen molar-refractivity contribution in [3.05, 3.63) is 24.3 Å². The Labute approximate surface area is 128 Å². The smallest absolute Gasteiger partial charge is 0.240 e. The van der Waals surface area contributed by atoms with Crippen molar-refractivity contribution in [2.45, 2.75) is 17.9 Å². The second-order valence-corrected chi connectivity index (χ2v) is 5.46.